The number of hydrogen-bond donors (Lipinski definition) is 2. The van der Waals surface area contributed by atoms with Crippen LogP contribution in [-0.2, 0) is 4.79 Å². The molecule has 7 nitrogen and oxygen atoms in total. The molecule has 2 aliphatic rings. The molecule has 0 bridgehead atoms. The van der Waals surface area contributed by atoms with Gasteiger partial charge in [-0.05, 0) is 74.3 Å². The maximum Gasteiger partial charge on any atom is 0.220 e. The molecule has 1 saturated heterocycles. The van der Waals surface area contributed by atoms with Crippen LogP contribution in [0.15, 0.2) is 42.5 Å². The van der Waals surface area contributed by atoms with E-state index < -0.39 is 12.1 Å². The number of halogens is 1. The first-order valence-corrected chi connectivity index (χ1v) is 11.6. The number of hydrogen-bond acceptors (Lipinski definition) is 6. The van der Waals surface area contributed by atoms with Crippen LogP contribution >= 0.6 is 0 Å². The minimum atomic E-state index is -0.874. The van der Waals surface area contributed by atoms with Crippen molar-refractivity contribution < 1.29 is 28.5 Å². The van der Waals surface area contributed by atoms with Gasteiger partial charge in [-0.2, -0.15) is 0 Å². The van der Waals surface area contributed by atoms with Gasteiger partial charge in [0.05, 0.1) is 12.6 Å². The van der Waals surface area contributed by atoms with Crippen LogP contribution in [0.3, 0.4) is 0 Å². The van der Waals surface area contributed by atoms with E-state index in [2.05, 4.69) is 10.2 Å². The van der Waals surface area contributed by atoms with Gasteiger partial charge in [-0.1, -0.05) is 6.07 Å². The van der Waals surface area contributed by atoms with Crippen molar-refractivity contribution in [3.8, 4) is 17.2 Å². The summed E-state index contributed by atoms with van der Waals surface area (Å²) in [5.41, 5.74) is 0.684. The number of aliphatic hydroxyl groups is 1. The number of nitrogens with zero attached hydrogens (tertiary/aromatic N) is 1. The Kier molecular flexibility index (Phi) is 8.01. The number of carbonyl (C=O) groups excluding carboxylic acids is 1. The SMILES string of the molecule is O=C(CCCOc1ccc(F)cc1)N[C@H](CN1CCCC1)C(O)c1ccc2c(c1)OCCO2. The lowest BCUT2D eigenvalue weighted by molar-refractivity contribution is -0.123. The van der Waals surface area contributed by atoms with Crippen molar-refractivity contribution in [3.05, 3.63) is 53.8 Å². The van der Waals surface area contributed by atoms with E-state index in [1.807, 2.05) is 6.07 Å². The predicted molar refractivity (Wildman–Crippen MR) is 121 cm³/mol. The number of ether oxygens (including phenoxy) is 3. The third kappa shape index (κ3) is 6.58. The molecule has 1 unspecified atom stereocenters. The largest absolute Gasteiger partial charge is 0.494 e. The van der Waals surface area contributed by atoms with Crippen molar-refractivity contribution in [1.29, 1.82) is 0 Å². The highest BCUT2D eigenvalue weighted by molar-refractivity contribution is 5.76. The summed E-state index contributed by atoms with van der Waals surface area (Å²) >= 11 is 0. The van der Waals surface area contributed by atoms with E-state index in [4.69, 9.17) is 14.2 Å². The molecule has 1 amide bonds. The van der Waals surface area contributed by atoms with Gasteiger partial charge in [0.2, 0.25) is 5.91 Å². The van der Waals surface area contributed by atoms with Gasteiger partial charge in [-0.25, -0.2) is 4.39 Å². The standard InChI is InChI=1S/C25H31FN2O5/c26-19-6-8-20(9-7-19)31-13-3-4-24(29)27-21(17-28-11-1-2-12-28)25(30)18-5-10-22-23(16-18)33-15-14-32-22/h5-10,16,21,25,30H,1-4,11-15,17H2,(H,27,29)/t21-,25?/m1/s1. The van der Waals surface area contributed by atoms with E-state index >= 15 is 0 Å². The number of likely N-dealkylation sites (tertiary alicyclic amines) is 1. The predicted octanol–water partition coefficient (Wildman–Crippen LogP) is 3.07. The second-order valence-corrected chi connectivity index (χ2v) is 8.44. The summed E-state index contributed by atoms with van der Waals surface area (Å²) in [6.07, 6.45) is 2.16. The van der Waals surface area contributed by atoms with Crippen LogP contribution in [0.1, 0.15) is 37.4 Å². The third-order valence-electron chi connectivity index (χ3n) is 5.92. The van der Waals surface area contributed by atoms with Gasteiger partial charge in [0.15, 0.2) is 11.5 Å². The van der Waals surface area contributed by atoms with E-state index in [0.717, 1.165) is 25.9 Å². The Hall–Kier alpha value is -2.84. The smallest absolute Gasteiger partial charge is 0.220 e. The highest BCUT2D eigenvalue weighted by Crippen LogP contribution is 2.33. The molecule has 0 spiro atoms. The average molecular weight is 459 g/mol. The molecule has 0 saturated carbocycles. The first-order chi connectivity index (χ1) is 16.1. The highest BCUT2D eigenvalue weighted by atomic mass is 19.1. The zero-order chi connectivity index (χ0) is 23.0. The Bertz CT molecular complexity index is 918. The molecule has 0 aromatic heterocycles. The molecule has 2 atom stereocenters. The Labute approximate surface area is 193 Å². The Morgan fingerprint density at radius 3 is 2.58 bits per heavy atom. The third-order valence-corrected chi connectivity index (χ3v) is 5.92. The van der Waals surface area contributed by atoms with Crippen molar-refractivity contribution >= 4 is 5.91 Å². The fourth-order valence-electron chi connectivity index (χ4n) is 4.18. The number of carbonyl (C=O) groups is 1. The fourth-order valence-corrected chi connectivity index (χ4v) is 4.18. The second kappa shape index (κ2) is 11.3. The van der Waals surface area contributed by atoms with E-state index in [9.17, 15) is 14.3 Å². The molecule has 2 aliphatic heterocycles. The lowest BCUT2D eigenvalue weighted by Crippen LogP contribution is -2.46. The molecule has 2 aromatic carbocycles. The average Bonchev–Trinajstić information content (AvgIpc) is 3.35. The lowest BCUT2D eigenvalue weighted by atomic mass is 10.0. The van der Waals surface area contributed by atoms with Crippen LogP contribution in [-0.4, -0.2) is 61.4 Å². The van der Waals surface area contributed by atoms with Crippen molar-refractivity contribution in [2.75, 3.05) is 39.5 Å². The summed E-state index contributed by atoms with van der Waals surface area (Å²) in [5.74, 6) is 1.39. The summed E-state index contributed by atoms with van der Waals surface area (Å²) in [6.45, 7) is 3.83. The molecule has 178 valence electrons. The summed E-state index contributed by atoms with van der Waals surface area (Å²) in [7, 11) is 0. The van der Waals surface area contributed by atoms with Gasteiger partial charge >= 0.3 is 0 Å². The lowest BCUT2D eigenvalue weighted by Gasteiger charge is -2.29. The number of aliphatic hydroxyl groups excluding tert-OH is 1. The van der Waals surface area contributed by atoms with Crippen molar-refractivity contribution in [3.63, 3.8) is 0 Å². The first-order valence-electron chi connectivity index (χ1n) is 11.6. The Morgan fingerprint density at radius 2 is 1.82 bits per heavy atom. The molecule has 0 radical (unpaired) electrons. The molecule has 0 aliphatic carbocycles. The molecular formula is C25H31FN2O5. The second-order valence-electron chi connectivity index (χ2n) is 8.44. The molecule has 33 heavy (non-hydrogen) atoms. The summed E-state index contributed by atoms with van der Waals surface area (Å²) in [4.78, 5) is 14.9. The van der Waals surface area contributed by atoms with Crippen LogP contribution in [0.5, 0.6) is 17.2 Å². The monoisotopic (exact) mass is 458 g/mol. The normalized spacial score (nSPS) is 17.4. The first kappa shape index (κ1) is 23.3. The number of fused-ring (bicyclic) bond motifs is 1. The molecule has 4 rings (SSSR count). The topological polar surface area (TPSA) is 80.3 Å². The number of rotatable bonds is 10. The van der Waals surface area contributed by atoms with Crippen LogP contribution in [0.2, 0.25) is 0 Å². The molecule has 2 aromatic rings. The van der Waals surface area contributed by atoms with E-state index in [0.29, 0.717) is 55.6 Å². The highest BCUT2D eigenvalue weighted by Gasteiger charge is 2.27. The Morgan fingerprint density at radius 1 is 1.09 bits per heavy atom. The molecule has 8 heteroatoms. The minimum Gasteiger partial charge on any atom is -0.494 e. The van der Waals surface area contributed by atoms with E-state index in [1.54, 1.807) is 24.3 Å². The summed E-state index contributed by atoms with van der Waals surface area (Å²) in [5, 5.41) is 14.2. The Balaban J connectivity index is 1.33. The van der Waals surface area contributed by atoms with Gasteiger partial charge in [0.25, 0.3) is 0 Å². The van der Waals surface area contributed by atoms with Crippen LogP contribution in [0, 0.1) is 5.82 Å². The summed E-state index contributed by atoms with van der Waals surface area (Å²) in [6, 6.07) is 10.8. The molecular weight excluding hydrogens is 427 g/mol. The van der Waals surface area contributed by atoms with Crippen LogP contribution < -0.4 is 19.5 Å². The van der Waals surface area contributed by atoms with Crippen molar-refractivity contribution in [2.45, 2.75) is 37.8 Å². The minimum absolute atomic E-state index is 0.140. The van der Waals surface area contributed by atoms with E-state index in [1.165, 1.54) is 12.1 Å². The van der Waals surface area contributed by atoms with Crippen LogP contribution in [0.25, 0.3) is 0 Å². The maximum atomic E-state index is 13.0. The fraction of sp³-hybridized carbons (Fsp3) is 0.480. The zero-order valence-corrected chi connectivity index (χ0v) is 18.7. The zero-order valence-electron chi connectivity index (χ0n) is 18.7. The summed E-state index contributed by atoms with van der Waals surface area (Å²) < 4.78 is 29.8. The van der Waals surface area contributed by atoms with Gasteiger partial charge in [-0.3, -0.25) is 4.79 Å². The van der Waals surface area contributed by atoms with E-state index in [-0.39, 0.29) is 18.1 Å². The van der Waals surface area contributed by atoms with Crippen molar-refractivity contribution in [1.82, 2.24) is 10.2 Å². The van der Waals surface area contributed by atoms with Gasteiger partial charge in [0, 0.05) is 13.0 Å². The maximum absolute atomic E-state index is 13.0. The van der Waals surface area contributed by atoms with Gasteiger partial charge in [0.1, 0.15) is 30.9 Å². The quantitative estimate of drug-likeness (QED) is 0.533. The number of nitrogens with one attached hydrogen (secondary N) is 1. The molecule has 2 heterocycles. The molecule has 1 fully saturated rings. The number of benzene rings is 2. The number of amides is 1. The van der Waals surface area contributed by atoms with Crippen LogP contribution in [0.4, 0.5) is 4.39 Å². The van der Waals surface area contributed by atoms with Crippen molar-refractivity contribution in [2.24, 2.45) is 0 Å². The molecule has 2 N–H and O–H groups in total. The van der Waals surface area contributed by atoms with Gasteiger partial charge in [-0.15, -0.1) is 0 Å². The van der Waals surface area contributed by atoms with Gasteiger partial charge < -0.3 is 29.5 Å².